The Kier molecular flexibility index (Phi) is 6.38. The predicted molar refractivity (Wildman–Crippen MR) is 241 cm³/mol. The van der Waals surface area contributed by atoms with Crippen LogP contribution in [-0.2, 0) is 0 Å². The molecule has 4 heterocycles. The second-order valence-electron chi connectivity index (χ2n) is 15.2. The molecule has 5 heteroatoms. The average Bonchev–Trinajstić information content (AvgIpc) is 3.82. The Morgan fingerprint density at radius 3 is 1.40 bits per heavy atom. The van der Waals surface area contributed by atoms with Crippen LogP contribution >= 0.6 is 0 Å². The van der Waals surface area contributed by atoms with Crippen LogP contribution in [0.2, 0.25) is 0 Å². The number of nitrogens with zero attached hydrogens (tertiary/aromatic N) is 5. The third-order valence-electron chi connectivity index (χ3n) is 12.0. The first-order valence-corrected chi connectivity index (χ1v) is 19.7. The summed E-state index contributed by atoms with van der Waals surface area (Å²) in [5.74, 6) is 1.92. The van der Waals surface area contributed by atoms with Crippen LogP contribution in [0, 0.1) is 0 Å². The van der Waals surface area contributed by atoms with Gasteiger partial charge in [-0.3, -0.25) is 0 Å². The van der Waals surface area contributed by atoms with Gasteiger partial charge in [0.15, 0.2) is 17.5 Å². The molecule has 0 amide bonds. The summed E-state index contributed by atoms with van der Waals surface area (Å²) in [6, 6.07) is 67.4. The number of rotatable bonds is 3. The third kappa shape index (κ3) is 4.33. The fourth-order valence-electron chi connectivity index (χ4n) is 9.56. The number of fused-ring (bicyclic) bond motifs is 14. The van der Waals surface area contributed by atoms with Crippen molar-refractivity contribution < 1.29 is 0 Å². The number of hydrogen-bond acceptors (Lipinski definition) is 3. The maximum Gasteiger partial charge on any atom is 0.164 e. The van der Waals surface area contributed by atoms with E-state index in [2.05, 4.69) is 160 Å². The lowest BCUT2D eigenvalue weighted by atomic mass is 9.99. The molecular weight excluding hydrogens is 707 g/mol. The molecule has 0 aliphatic carbocycles. The molecule has 13 rings (SSSR count). The summed E-state index contributed by atoms with van der Waals surface area (Å²) in [5, 5.41) is 12.2. The van der Waals surface area contributed by atoms with E-state index in [0.717, 1.165) is 27.7 Å². The number of aromatic nitrogens is 5. The van der Waals surface area contributed by atoms with Gasteiger partial charge in [0.1, 0.15) is 0 Å². The highest BCUT2D eigenvalue weighted by atomic mass is 15.0. The van der Waals surface area contributed by atoms with Gasteiger partial charge in [0.2, 0.25) is 0 Å². The van der Waals surface area contributed by atoms with Crippen LogP contribution in [-0.4, -0.2) is 23.8 Å². The Morgan fingerprint density at radius 2 is 0.741 bits per heavy atom. The lowest BCUT2D eigenvalue weighted by Crippen LogP contribution is -2.00. The van der Waals surface area contributed by atoms with Crippen molar-refractivity contribution in [1.82, 2.24) is 23.8 Å². The van der Waals surface area contributed by atoms with Gasteiger partial charge in [-0.25, -0.2) is 15.0 Å². The minimum Gasteiger partial charge on any atom is -0.307 e. The van der Waals surface area contributed by atoms with E-state index in [4.69, 9.17) is 15.0 Å². The molecular formula is C53H31N5. The van der Waals surface area contributed by atoms with Gasteiger partial charge in [-0.2, -0.15) is 0 Å². The van der Waals surface area contributed by atoms with Gasteiger partial charge in [0.05, 0.1) is 33.1 Å². The zero-order chi connectivity index (χ0) is 37.9. The molecule has 9 aromatic carbocycles. The Balaban J connectivity index is 1.28. The van der Waals surface area contributed by atoms with Gasteiger partial charge in [-0.15, -0.1) is 0 Å². The second-order valence-corrected chi connectivity index (χ2v) is 15.2. The Bertz CT molecular complexity index is 3790. The van der Waals surface area contributed by atoms with E-state index in [0.29, 0.717) is 17.5 Å². The van der Waals surface area contributed by atoms with Crippen molar-refractivity contribution >= 4 is 87.0 Å². The number of hydrogen-bond donors (Lipinski definition) is 0. The Morgan fingerprint density at radius 1 is 0.276 bits per heavy atom. The highest BCUT2D eigenvalue weighted by Crippen LogP contribution is 2.45. The fourth-order valence-corrected chi connectivity index (χ4v) is 9.56. The van der Waals surface area contributed by atoms with Gasteiger partial charge in [0.25, 0.3) is 0 Å². The van der Waals surface area contributed by atoms with Crippen LogP contribution in [0.4, 0.5) is 0 Å². The summed E-state index contributed by atoms with van der Waals surface area (Å²) in [5.41, 5.74) is 9.79. The van der Waals surface area contributed by atoms with Crippen molar-refractivity contribution in [2.24, 2.45) is 0 Å². The van der Waals surface area contributed by atoms with E-state index in [1.165, 1.54) is 75.9 Å². The van der Waals surface area contributed by atoms with Crippen LogP contribution < -0.4 is 0 Å². The molecule has 0 atom stereocenters. The molecule has 0 aliphatic rings. The molecule has 5 nitrogen and oxygen atoms in total. The van der Waals surface area contributed by atoms with Crippen LogP contribution in [0.25, 0.3) is 121 Å². The minimum absolute atomic E-state index is 0.631. The first-order chi connectivity index (χ1) is 28.8. The highest BCUT2D eigenvalue weighted by Gasteiger charge is 2.23. The molecule has 0 N–H and O–H groups in total. The Hall–Kier alpha value is -7.89. The predicted octanol–water partition coefficient (Wildman–Crippen LogP) is 13.5. The first kappa shape index (κ1) is 31.3. The largest absolute Gasteiger partial charge is 0.307 e. The lowest BCUT2D eigenvalue weighted by molar-refractivity contribution is 1.07. The van der Waals surface area contributed by atoms with Crippen molar-refractivity contribution in [3.05, 3.63) is 188 Å². The van der Waals surface area contributed by atoms with E-state index in [1.807, 2.05) is 36.4 Å². The quantitative estimate of drug-likeness (QED) is 0.181. The minimum atomic E-state index is 0.631. The van der Waals surface area contributed by atoms with Crippen LogP contribution in [0.3, 0.4) is 0 Å². The SMILES string of the molecule is c1ccc(-c2nc(-c3ccccc3)nc(-c3ccc4c5c6ccccc6cc6c7ccccc7n7c8ccccc8c8c9ccccc9cc(c87)n(c4c3)c65)n2)cc1. The van der Waals surface area contributed by atoms with Gasteiger partial charge in [-0.05, 0) is 51.9 Å². The average molecular weight is 738 g/mol. The van der Waals surface area contributed by atoms with Gasteiger partial charge in [-0.1, -0.05) is 158 Å². The van der Waals surface area contributed by atoms with Crippen molar-refractivity contribution in [2.75, 3.05) is 0 Å². The van der Waals surface area contributed by atoms with Gasteiger partial charge >= 0.3 is 0 Å². The van der Waals surface area contributed by atoms with Crippen molar-refractivity contribution in [3.8, 4) is 34.2 Å². The molecule has 0 radical (unpaired) electrons. The molecule has 13 aromatic rings. The van der Waals surface area contributed by atoms with Crippen molar-refractivity contribution in [3.63, 3.8) is 0 Å². The summed E-state index contributed by atoms with van der Waals surface area (Å²) in [4.78, 5) is 15.3. The van der Waals surface area contributed by atoms with Crippen molar-refractivity contribution in [2.45, 2.75) is 0 Å². The molecule has 268 valence electrons. The summed E-state index contributed by atoms with van der Waals surface area (Å²) < 4.78 is 5.04. The highest BCUT2D eigenvalue weighted by molar-refractivity contribution is 6.32. The molecule has 0 spiro atoms. The lowest BCUT2D eigenvalue weighted by Gasteiger charge is -2.13. The molecule has 0 bridgehead atoms. The zero-order valence-electron chi connectivity index (χ0n) is 31.1. The normalized spacial score (nSPS) is 12.1. The van der Waals surface area contributed by atoms with Gasteiger partial charge in [0, 0.05) is 49.0 Å². The third-order valence-corrected chi connectivity index (χ3v) is 12.0. The zero-order valence-corrected chi connectivity index (χ0v) is 31.1. The van der Waals surface area contributed by atoms with E-state index in [9.17, 15) is 0 Å². The molecule has 0 fully saturated rings. The number of benzene rings is 9. The van der Waals surface area contributed by atoms with E-state index < -0.39 is 0 Å². The maximum absolute atomic E-state index is 5.17. The monoisotopic (exact) mass is 737 g/mol. The summed E-state index contributed by atoms with van der Waals surface area (Å²) in [6.07, 6.45) is 0. The van der Waals surface area contributed by atoms with E-state index >= 15 is 0 Å². The van der Waals surface area contributed by atoms with E-state index in [-0.39, 0.29) is 0 Å². The van der Waals surface area contributed by atoms with Crippen LogP contribution in [0.1, 0.15) is 0 Å². The molecule has 0 saturated carbocycles. The van der Waals surface area contributed by atoms with Crippen LogP contribution in [0.15, 0.2) is 188 Å². The van der Waals surface area contributed by atoms with E-state index in [1.54, 1.807) is 0 Å². The molecule has 0 unspecified atom stereocenters. The summed E-state index contributed by atoms with van der Waals surface area (Å²) in [6.45, 7) is 0. The number of para-hydroxylation sites is 2. The standard InChI is InChI=1S/C53H31N5/c1-3-15-32(16-4-1)51-54-52(33-17-5-2-6-18-33)56-53(55-51)36-27-28-41-45(31-36)58-46-30-35-20-8-10-22-38(35)48-40-24-12-14-26-44(40)57(50(46)48)43-25-13-11-23-39(43)42-29-34-19-7-9-21-37(34)47(41)49(42)58/h1-31H. The van der Waals surface area contributed by atoms with Crippen molar-refractivity contribution in [1.29, 1.82) is 0 Å². The first-order valence-electron chi connectivity index (χ1n) is 19.7. The maximum atomic E-state index is 5.17. The summed E-state index contributed by atoms with van der Waals surface area (Å²) in [7, 11) is 0. The Labute approximate surface area is 331 Å². The fraction of sp³-hybridized carbons (Fsp3) is 0. The van der Waals surface area contributed by atoms with Crippen LogP contribution in [0.5, 0.6) is 0 Å². The topological polar surface area (TPSA) is 47.5 Å². The molecule has 4 aromatic heterocycles. The molecule has 0 aliphatic heterocycles. The molecule has 58 heavy (non-hydrogen) atoms. The second kappa shape index (κ2) is 11.8. The van der Waals surface area contributed by atoms with Gasteiger partial charge < -0.3 is 8.80 Å². The summed E-state index contributed by atoms with van der Waals surface area (Å²) >= 11 is 0. The smallest absolute Gasteiger partial charge is 0.164 e. The molecule has 0 saturated heterocycles.